The third kappa shape index (κ3) is 6.79. The molecule has 30 heavy (non-hydrogen) atoms. The van der Waals surface area contributed by atoms with Crippen molar-refractivity contribution in [3.63, 3.8) is 0 Å². The van der Waals surface area contributed by atoms with E-state index in [1.54, 1.807) is 12.1 Å². The van der Waals surface area contributed by atoms with Crippen LogP contribution in [0.25, 0.3) is 5.69 Å². The van der Waals surface area contributed by atoms with Gasteiger partial charge in [0, 0.05) is 31.2 Å². The zero-order valence-corrected chi connectivity index (χ0v) is 17.8. The second-order valence-electron chi connectivity index (χ2n) is 6.72. The van der Waals surface area contributed by atoms with Gasteiger partial charge < -0.3 is 28.4 Å². The van der Waals surface area contributed by atoms with E-state index in [1.165, 1.54) is 0 Å². The van der Waals surface area contributed by atoms with Crippen molar-refractivity contribution in [3.8, 4) is 5.69 Å². The molecule has 0 amide bonds. The van der Waals surface area contributed by atoms with Crippen molar-refractivity contribution in [1.82, 2.24) is 4.57 Å². The Kier molecular flexibility index (Phi) is 8.67. The van der Waals surface area contributed by atoms with E-state index in [1.807, 2.05) is 40.1 Å². The van der Waals surface area contributed by atoms with E-state index in [0.29, 0.717) is 71.6 Å². The Bertz CT molecular complexity index is 857. The first-order valence-electron chi connectivity index (χ1n) is 9.92. The average molecular weight is 440 g/mol. The predicted octanol–water partition coefficient (Wildman–Crippen LogP) is 1.01. The van der Waals surface area contributed by atoms with Crippen LogP contribution in [-0.2, 0) is 29.0 Å². The molecule has 0 aliphatic carbocycles. The molecule has 2 aromatic rings. The van der Waals surface area contributed by atoms with Crippen molar-refractivity contribution in [2.75, 3.05) is 70.8 Å². The first kappa shape index (κ1) is 22.7. The highest BCUT2D eigenvalue weighted by molar-refractivity contribution is 7.89. The molecule has 0 saturated carbocycles. The molecule has 0 radical (unpaired) electrons. The number of aromatic nitrogens is 1. The van der Waals surface area contributed by atoms with Gasteiger partial charge in [-0.25, -0.2) is 13.6 Å². The Hall–Kier alpha value is -1.95. The topological polar surface area (TPSA) is 105 Å². The standard InChI is InChI=1S/C20H29N3O6S/c21-30(24,25)20-4-3-18(22-5-1-2-6-22)17-19(20)23-7-9-26-11-13-28-15-16-29-14-12-27-10-8-23/h1-6,17H,7-16H2,(H2,21,24,25). The third-order valence-corrected chi connectivity index (χ3v) is 5.58. The van der Waals surface area contributed by atoms with Crippen LogP contribution in [0.4, 0.5) is 5.69 Å². The third-order valence-electron chi connectivity index (χ3n) is 4.62. The Morgan fingerprint density at radius 3 is 1.77 bits per heavy atom. The monoisotopic (exact) mass is 439 g/mol. The summed E-state index contributed by atoms with van der Waals surface area (Å²) >= 11 is 0. The lowest BCUT2D eigenvalue weighted by molar-refractivity contribution is 0.00206. The Labute approximate surface area is 177 Å². The number of rotatable bonds is 3. The summed E-state index contributed by atoms with van der Waals surface area (Å²) in [6.45, 7) is 4.69. The molecule has 1 aliphatic rings. The highest BCUT2D eigenvalue weighted by Crippen LogP contribution is 2.27. The highest BCUT2D eigenvalue weighted by atomic mass is 32.2. The molecular formula is C20H29N3O6S. The fraction of sp³-hybridized carbons (Fsp3) is 0.500. The van der Waals surface area contributed by atoms with Crippen LogP contribution >= 0.6 is 0 Å². The molecule has 2 heterocycles. The van der Waals surface area contributed by atoms with E-state index in [0.717, 1.165) is 5.69 Å². The lowest BCUT2D eigenvalue weighted by atomic mass is 10.2. The normalized spacial score (nSPS) is 18.5. The SMILES string of the molecule is NS(=O)(=O)c1ccc(-n2cccc2)cc1N1CCOCCOCCOCCOCC1. The molecule has 9 nitrogen and oxygen atoms in total. The molecule has 0 bridgehead atoms. The van der Waals surface area contributed by atoms with Crippen molar-refractivity contribution in [2.24, 2.45) is 5.14 Å². The summed E-state index contributed by atoms with van der Waals surface area (Å²) in [7, 11) is -3.91. The summed E-state index contributed by atoms with van der Waals surface area (Å²) in [5.41, 5.74) is 1.36. The first-order chi connectivity index (χ1) is 14.6. The fourth-order valence-electron chi connectivity index (χ4n) is 3.12. The predicted molar refractivity (Wildman–Crippen MR) is 113 cm³/mol. The molecule has 1 saturated heterocycles. The van der Waals surface area contributed by atoms with Crippen LogP contribution in [0.1, 0.15) is 0 Å². The second kappa shape index (κ2) is 11.4. The first-order valence-corrected chi connectivity index (χ1v) is 11.5. The average Bonchev–Trinajstić information content (AvgIpc) is 3.25. The maximum atomic E-state index is 12.2. The number of sulfonamides is 1. The summed E-state index contributed by atoms with van der Waals surface area (Å²) in [6.07, 6.45) is 3.79. The summed E-state index contributed by atoms with van der Waals surface area (Å²) in [4.78, 5) is 2.00. The van der Waals surface area contributed by atoms with Crippen LogP contribution in [0.2, 0.25) is 0 Å². The van der Waals surface area contributed by atoms with E-state index in [2.05, 4.69) is 0 Å². The van der Waals surface area contributed by atoms with Crippen LogP contribution in [0.3, 0.4) is 0 Å². The maximum absolute atomic E-state index is 12.2. The number of nitrogens with two attached hydrogens (primary N) is 1. The minimum Gasteiger partial charge on any atom is -0.377 e. The molecule has 1 aromatic carbocycles. The molecular weight excluding hydrogens is 410 g/mol. The van der Waals surface area contributed by atoms with Gasteiger partial charge in [0.15, 0.2) is 0 Å². The van der Waals surface area contributed by atoms with Gasteiger partial charge in [0.1, 0.15) is 4.90 Å². The molecule has 10 heteroatoms. The molecule has 1 aromatic heterocycles. The molecule has 3 rings (SSSR count). The highest BCUT2D eigenvalue weighted by Gasteiger charge is 2.20. The van der Waals surface area contributed by atoms with Gasteiger partial charge in [-0.05, 0) is 30.3 Å². The summed E-state index contributed by atoms with van der Waals surface area (Å²) in [5, 5.41) is 5.50. The van der Waals surface area contributed by atoms with Crippen molar-refractivity contribution < 1.29 is 27.4 Å². The number of primary sulfonamides is 1. The maximum Gasteiger partial charge on any atom is 0.240 e. The quantitative estimate of drug-likeness (QED) is 0.761. The summed E-state index contributed by atoms with van der Waals surface area (Å²) < 4.78 is 48.6. The minimum absolute atomic E-state index is 0.0722. The van der Waals surface area contributed by atoms with Gasteiger partial charge in [0.05, 0.1) is 58.5 Å². The van der Waals surface area contributed by atoms with Crippen LogP contribution in [-0.4, -0.2) is 78.9 Å². The van der Waals surface area contributed by atoms with E-state index < -0.39 is 10.0 Å². The van der Waals surface area contributed by atoms with Gasteiger partial charge in [-0.1, -0.05) is 0 Å². The minimum atomic E-state index is -3.91. The molecule has 1 aliphatic heterocycles. The Morgan fingerprint density at radius 1 is 0.767 bits per heavy atom. The summed E-state index contributed by atoms with van der Waals surface area (Å²) in [6, 6.07) is 8.91. The molecule has 0 unspecified atom stereocenters. The molecule has 1 fully saturated rings. The van der Waals surface area contributed by atoms with Crippen molar-refractivity contribution in [1.29, 1.82) is 0 Å². The molecule has 0 atom stereocenters. The Morgan fingerprint density at radius 2 is 1.27 bits per heavy atom. The van der Waals surface area contributed by atoms with E-state index >= 15 is 0 Å². The number of hydrogen-bond donors (Lipinski definition) is 1. The Balaban J connectivity index is 1.84. The van der Waals surface area contributed by atoms with Crippen LogP contribution in [0, 0.1) is 0 Å². The van der Waals surface area contributed by atoms with Crippen LogP contribution < -0.4 is 10.0 Å². The molecule has 2 N–H and O–H groups in total. The van der Waals surface area contributed by atoms with Crippen molar-refractivity contribution in [3.05, 3.63) is 42.7 Å². The zero-order valence-electron chi connectivity index (χ0n) is 16.9. The van der Waals surface area contributed by atoms with Crippen LogP contribution in [0.15, 0.2) is 47.6 Å². The van der Waals surface area contributed by atoms with Gasteiger partial charge in [-0.3, -0.25) is 0 Å². The second-order valence-corrected chi connectivity index (χ2v) is 8.25. The van der Waals surface area contributed by atoms with Gasteiger partial charge >= 0.3 is 0 Å². The lowest BCUT2D eigenvalue weighted by Gasteiger charge is -2.27. The van der Waals surface area contributed by atoms with Gasteiger partial charge in [-0.15, -0.1) is 0 Å². The van der Waals surface area contributed by atoms with E-state index in [9.17, 15) is 8.42 Å². The smallest absolute Gasteiger partial charge is 0.240 e. The molecule has 0 spiro atoms. The lowest BCUT2D eigenvalue weighted by Crippen LogP contribution is -2.33. The number of hydrogen-bond acceptors (Lipinski definition) is 7. The van der Waals surface area contributed by atoms with Crippen molar-refractivity contribution >= 4 is 15.7 Å². The number of benzene rings is 1. The largest absolute Gasteiger partial charge is 0.377 e. The van der Waals surface area contributed by atoms with Gasteiger partial charge in [-0.2, -0.15) is 0 Å². The molecule has 166 valence electrons. The number of ether oxygens (including phenoxy) is 4. The van der Waals surface area contributed by atoms with E-state index in [-0.39, 0.29) is 4.90 Å². The van der Waals surface area contributed by atoms with E-state index in [4.69, 9.17) is 24.1 Å². The van der Waals surface area contributed by atoms with Crippen molar-refractivity contribution in [2.45, 2.75) is 4.90 Å². The fourth-order valence-corrected chi connectivity index (χ4v) is 3.86. The van der Waals surface area contributed by atoms with Gasteiger partial charge in [0.2, 0.25) is 10.0 Å². The van der Waals surface area contributed by atoms with Gasteiger partial charge in [0.25, 0.3) is 0 Å². The number of nitrogens with zero attached hydrogens (tertiary/aromatic N) is 2. The number of anilines is 1. The summed E-state index contributed by atoms with van der Waals surface area (Å²) in [5.74, 6) is 0. The zero-order chi connectivity index (χ0) is 21.2. The van der Waals surface area contributed by atoms with Crippen LogP contribution in [0.5, 0.6) is 0 Å².